The average molecular weight is 226 g/mol. The van der Waals surface area contributed by atoms with Gasteiger partial charge < -0.3 is 10.5 Å². The number of aryl methyl sites for hydroxylation is 2. The molecule has 0 bridgehead atoms. The molecule has 1 rings (SSSR count). The summed E-state index contributed by atoms with van der Waals surface area (Å²) in [6.45, 7) is 5.38. The normalized spacial score (nSPS) is 10.7. The smallest absolute Gasteiger partial charge is 0.101 e. The van der Waals surface area contributed by atoms with E-state index in [2.05, 4.69) is 18.0 Å². The molecule has 0 aliphatic rings. The average Bonchev–Trinajstić information content (AvgIpc) is 2.17. The number of methoxy groups -OCH3 is 1. The second kappa shape index (κ2) is 6.10. The van der Waals surface area contributed by atoms with Crippen LogP contribution in [0.15, 0.2) is 11.1 Å². The molecule has 0 spiro atoms. The van der Waals surface area contributed by atoms with Crippen LogP contribution in [0.1, 0.15) is 16.8 Å². The molecular formula is C11H18N2OS. The van der Waals surface area contributed by atoms with Crippen molar-refractivity contribution in [3.8, 4) is 0 Å². The molecule has 1 heterocycles. The van der Waals surface area contributed by atoms with Crippen molar-refractivity contribution < 1.29 is 4.74 Å². The molecule has 0 aliphatic carbocycles. The van der Waals surface area contributed by atoms with Gasteiger partial charge in [0.1, 0.15) is 5.03 Å². The first kappa shape index (κ1) is 12.5. The number of nitrogens with zero attached hydrogens (tertiary/aromatic N) is 1. The summed E-state index contributed by atoms with van der Waals surface area (Å²) in [6.07, 6.45) is 0. The molecule has 0 saturated carbocycles. The third-order valence-corrected chi connectivity index (χ3v) is 3.15. The minimum absolute atomic E-state index is 0.550. The molecule has 0 aromatic carbocycles. The lowest BCUT2D eigenvalue weighted by molar-refractivity contribution is 0.218. The third-order valence-electron chi connectivity index (χ3n) is 2.17. The maximum atomic E-state index is 5.72. The maximum Gasteiger partial charge on any atom is 0.101 e. The van der Waals surface area contributed by atoms with Crippen LogP contribution in [0.4, 0.5) is 0 Å². The van der Waals surface area contributed by atoms with Crippen LogP contribution in [0.5, 0.6) is 0 Å². The fourth-order valence-corrected chi connectivity index (χ4v) is 2.49. The van der Waals surface area contributed by atoms with Gasteiger partial charge in [-0.3, -0.25) is 0 Å². The minimum Gasteiger partial charge on any atom is -0.384 e. The van der Waals surface area contributed by atoms with Crippen LogP contribution in [0, 0.1) is 13.8 Å². The first-order valence-electron chi connectivity index (χ1n) is 4.98. The molecule has 1 aromatic heterocycles. The van der Waals surface area contributed by atoms with Crippen LogP contribution < -0.4 is 5.73 Å². The predicted molar refractivity (Wildman–Crippen MR) is 64.2 cm³/mol. The molecule has 0 amide bonds. The third kappa shape index (κ3) is 3.48. The monoisotopic (exact) mass is 226 g/mol. The maximum absolute atomic E-state index is 5.72. The van der Waals surface area contributed by atoms with E-state index in [9.17, 15) is 0 Å². The lowest BCUT2D eigenvalue weighted by atomic mass is 10.1. The van der Waals surface area contributed by atoms with Crippen molar-refractivity contribution in [2.24, 2.45) is 5.73 Å². The van der Waals surface area contributed by atoms with Gasteiger partial charge in [0.25, 0.3) is 0 Å². The Balaban J connectivity index is 2.84. The highest BCUT2D eigenvalue weighted by Gasteiger charge is 2.07. The van der Waals surface area contributed by atoms with E-state index >= 15 is 0 Å². The molecule has 0 unspecified atom stereocenters. The van der Waals surface area contributed by atoms with Crippen LogP contribution in [0.3, 0.4) is 0 Å². The fourth-order valence-electron chi connectivity index (χ4n) is 1.42. The number of aromatic nitrogens is 1. The summed E-state index contributed by atoms with van der Waals surface area (Å²) in [4.78, 5) is 4.50. The van der Waals surface area contributed by atoms with Crippen molar-refractivity contribution in [2.75, 3.05) is 19.5 Å². The molecule has 0 atom stereocenters. The Morgan fingerprint density at radius 1 is 1.47 bits per heavy atom. The van der Waals surface area contributed by atoms with Gasteiger partial charge >= 0.3 is 0 Å². The van der Waals surface area contributed by atoms with Gasteiger partial charge in [0.2, 0.25) is 0 Å². The van der Waals surface area contributed by atoms with Crippen molar-refractivity contribution in [2.45, 2.75) is 25.4 Å². The van der Waals surface area contributed by atoms with Crippen LogP contribution in [0.25, 0.3) is 0 Å². The molecule has 0 radical (unpaired) electrons. The number of pyridine rings is 1. The molecule has 0 saturated heterocycles. The Kier molecular flexibility index (Phi) is 5.08. The summed E-state index contributed by atoms with van der Waals surface area (Å²) in [7, 11) is 1.71. The minimum atomic E-state index is 0.550. The Morgan fingerprint density at radius 2 is 2.20 bits per heavy atom. The highest BCUT2D eigenvalue weighted by Crippen LogP contribution is 2.23. The van der Waals surface area contributed by atoms with E-state index in [1.165, 1.54) is 5.56 Å². The van der Waals surface area contributed by atoms with E-state index < -0.39 is 0 Å². The van der Waals surface area contributed by atoms with E-state index in [0.717, 1.165) is 28.6 Å². The first-order chi connectivity index (χ1) is 7.19. The molecular weight excluding hydrogens is 208 g/mol. The number of nitrogens with two attached hydrogens (primary N) is 1. The van der Waals surface area contributed by atoms with Gasteiger partial charge in [-0.1, -0.05) is 0 Å². The Labute approximate surface area is 95.4 Å². The standard InChI is InChI=1S/C11H18N2OS/c1-8-6-9(2)13-11(10(8)7-12)15-5-4-14-3/h6H,4-5,7,12H2,1-3H3. The first-order valence-corrected chi connectivity index (χ1v) is 5.96. The molecule has 15 heavy (non-hydrogen) atoms. The topological polar surface area (TPSA) is 48.1 Å². The van der Waals surface area contributed by atoms with E-state index in [0.29, 0.717) is 6.54 Å². The predicted octanol–water partition coefficient (Wildman–Crippen LogP) is 1.90. The van der Waals surface area contributed by atoms with Gasteiger partial charge in [0.05, 0.1) is 6.61 Å². The molecule has 0 aliphatic heterocycles. The van der Waals surface area contributed by atoms with Crippen molar-refractivity contribution in [1.82, 2.24) is 4.98 Å². The van der Waals surface area contributed by atoms with Crippen LogP contribution in [-0.4, -0.2) is 24.5 Å². The zero-order valence-electron chi connectivity index (χ0n) is 9.54. The van der Waals surface area contributed by atoms with E-state index in [-0.39, 0.29) is 0 Å². The van der Waals surface area contributed by atoms with Crippen molar-refractivity contribution in [3.63, 3.8) is 0 Å². The van der Waals surface area contributed by atoms with Crippen molar-refractivity contribution >= 4 is 11.8 Å². The zero-order chi connectivity index (χ0) is 11.3. The quantitative estimate of drug-likeness (QED) is 0.615. The van der Waals surface area contributed by atoms with Crippen molar-refractivity contribution in [3.05, 3.63) is 22.9 Å². The molecule has 84 valence electrons. The second-order valence-electron chi connectivity index (χ2n) is 3.41. The van der Waals surface area contributed by atoms with E-state index in [1.807, 2.05) is 6.92 Å². The Hall–Kier alpha value is -0.580. The molecule has 0 fully saturated rings. The second-order valence-corrected chi connectivity index (χ2v) is 4.49. The number of ether oxygens (including phenoxy) is 1. The highest BCUT2D eigenvalue weighted by atomic mass is 32.2. The van der Waals surface area contributed by atoms with Gasteiger partial charge in [0.15, 0.2) is 0 Å². The molecule has 4 heteroatoms. The summed E-state index contributed by atoms with van der Waals surface area (Å²) in [5.41, 5.74) is 9.15. The molecule has 3 nitrogen and oxygen atoms in total. The summed E-state index contributed by atoms with van der Waals surface area (Å²) in [6, 6.07) is 2.07. The van der Waals surface area contributed by atoms with Crippen LogP contribution in [0.2, 0.25) is 0 Å². The van der Waals surface area contributed by atoms with E-state index in [1.54, 1.807) is 18.9 Å². The number of hydrogen-bond donors (Lipinski definition) is 1. The lowest BCUT2D eigenvalue weighted by Gasteiger charge is -2.10. The fraction of sp³-hybridized carbons (Fsp3) is 0.545. The number of rotatable bonds is 5. The molecule has 1 aromatic rings. The van der Waals surface area contributed by atoms with Gasteiger partial charge in [-0.05, 0) is 25.5 Å². The molecule has 2 N–H and O–H groups in total. The summed E-state index contributed by atoms with van der Waals surface area (Å²) >= 11 is 1.71. The largest absolute Gasteiger partial charge is 0.384 e. The van der Waals surface area contributed by atoms with Gasteiger partial charge in [-0.15, -0.1) is 11.8 Å². The highest BCUT2D eigenvalue weighted by molar-refractivity contribution is 7.99. The summed E-state index contributed by atoms with van der Waals surface area (Å²) in [5.74, 6) is 0.916. The van der Waals surface area contributed by atoms with Gasteiger partial charge in [0, 0.05) is 30.7 Å². The number of hydrogen-bond acceptors (Lipinski definition) is 4. The van der Waals surface area contributed by atoms with E-state index in [4.69, 9.17) is 10.5 Å². The lowest BCUT2D eigenvalue weighted by Crippen LogP contribution is -2.05. The van der Waals surface area contributed by atoms with Crippen LogP contribution in [-0.2, 0) is 11.3 Å². The van der Waals surface area contributed by atoms with Gasteiger partial charge in [-0.2, -0.15) is 0 Å². The van der Waals surface area contributed by atoms with Crippen LogP contribution >= 0.6 is 11.8 Å². The Bertz CT molecular complexity index is 329. The SMILES string of the molecule is COCCSc1nc(C)cc(C)c1CN. The van der Waals surface area contributed by atoms with Gasteiger partial charge in [-0.25, -0.2) is 4.98 Å². The summed E-state index contributed by atoms with van der Waals surface area (Å²) in [5, 5.41) is 1.05. The zero-order valence-corrected chi connectivity index (χ0v) is 10.4. The van der Waals surface area contributed by atoms with Crippen molar-refractivity contribution in [1.29, 1.82) is 0 Å². The Morgan fingerprint density at radius 3 is 2.80 bits per heavy atom. The summed E-state index contributed by atoms with van der Waals surface area (Å²) < 4.78 is 5.02. The number of thioether (sulfide) groups is 1.